The van der Waals surface area contributed by atoms with Gasteiger partial charge in [-0.25, -0.2) is 4.99 Å². The number of benzene rings is 2. The number of carbonyl (C=O) groups is 2. The van der Waals surface area contributed by atoms with E-state index in [1.165, 1.54) is 11.8 Å². The van der Waals surface area contributed by atoms with E-state index in [0.29, 0.717) is 16.5 Å². The molecule has 2 amide bonds. The Balaban J connectivity index is 0.00000117. The maximum Gasteiger partial charge on any atom is 0.240 e. The number of para-hydroxylation sites is 3. The number of nitrogens with zero attached hydrogens (tertiary/aromatic N) is 1. The zero-order valence-electron chi connectivity index (χ0n) is 14.7. The number of amides is 2. The Bertz CT molecular complexity index is 793. The monoisotopic (exact) mass is 370 g/mol. The summed E-state index contributed by atoms with van der Waals surface area (Å²) < 4.78 is 0. The smallest absolute Gasteiger partial charge is 0.240 e. The van der Waals surface area contributed by atoms with E-state index >= 15 is 0 Å². The molecule has 1 fully saturated rings. The van der Waals surface area contributed by atoms with E-state index in [1.54, 1.807) is 24.3 Å². The van der Waals surface area contributed by atoms with Crippen molar-refractivity contribution in [3.05, 3.63) is 54.6 Å². The van der Waals surface area contributed by atoms with E-state index in [9.17, 15) is 9.59 Å². The lowest BCUT2D eigenvalue weighted by Gasteiger charge is -2.09. The van der Waals surface area contributed by atoms with Crippen molar-refractivity contribution in [1.82, 2.24) is 5.32 Å². The minimum Gasteiger partial charge on any atom is -0.397 e. The van der Waals surface area contributed by atoms with Crippen LogP contribution in [0.1, 0.15) is 20.3 Å². The van der Waals surface area contributed by atoms with Gasteiger partial charge in [0, 0.05) is 6.42 Å². The molecular formula is C19H22N4O2S. The molecule has 7 heteroatoms. The van der Waals surface area contributed by atoms with Gasteiger partial charge in [0.15, 0.2) is 5.17 Å². The molecule has 0 radical (unpaired) electrons. The molecular weight excluding hydrogens is 348 g/mol. The zero-order valence-corrected chi connectivity index (χ0v) is 15.5. The van der Waals surface area contributed by atoms with E-state index in [4.69, 9.17) is 5.73 Å². The van der Waals surface area contributed by atoms with E-state index in [2.05, 4.69) is 15.6 Å². The highest BCUT2D eigenvalue weighted by molar-refractivity contribution is 8.15. The Labute approximate surface area is 157 Å². The topological polar surface area (TPSA) is 96.6 Å². The maximum absolute atomic E-state index is 12.1. The maximum atomic E-state index is 12.1. The van der Waals surface area contributed by atoms with Crippen molar-refractivity contribution in [3.8, 4) is 0 Å². The van der Waals surface area contributed by atoms with Crippen molar-refractivity contribution in [2.45, 2.75) is 25.5 Å². The second-order valence-electron chi connectivity index (χ2n) is 5.19. The molecule has 4 N–H and O–H groups in total. The van der Waals surface area contributed by atoms with Crippen molar-refractivity contribution < 1.29 is 9.59 Å². The van der Waals surface area contributed by atoms with Crippen LogP contribution in [0.2, 0.25) is 0 Å². The van der Waals surface area contributed by atoms with Crippen LogP contribution in [0, 0.1) is 0 Å². The first-order valence-corrected chi connectivity index (χ1v) is 9.25. The fraction of sp³-hybridized carbons (Fsp3) is 0.211. The number of nitrogens with one attached hydrogen (secondary N) is 2. The van der Waals surface area contributed by atoms with Crippen LogP contribution < -0.4 is 16.4 Å². The van der Waals surface area contributed by atoms with Gasteiger partial charge in [-0.1, -0.05) is 55.9 Å². The number of nitrogen functional groups attached to an aromatic ring is 1. The Morgan fingerprint density at radius 3 is 2.50 bits per heavy atom. The molecule has 0 aromatic heterocycles. The number of anilines is 2. The summed E-state index contributed by atoms with van der Waals surface area (Å²) in [5.41, 5.74) is 7.58. The van der Waals surface area contributed by atoms with Gasteiger partial charge < -0.3 is 16.4 Å². The van der Waals surface area contributed by atoms with E-state index in [-0.39, 0.29) is 18.2 Å². The fourth-order valence-electron chi connectivity index (χ4n) is 2.19. The fourth-order valence-corrected chi connectivity index (χ4v) is 3.18. The van der Waals surface area contributed by atoms with Gasteiger partial charge >= 0.3 is 0 Å². The summed E-state index contributed by atoms with van der Waals surface area (Å²) in [6.07, 6.45) is 0.0542. The molecule has 136 valence electrons. The van der Waals surface area contributed by atoms with E-state index in [1.807, 2.05) is 44.2 Å². The lowest BCUT2D eigenvalue weighted by molar-refractivity contribution is -0.122. The molecule has 1 atom stereocenters. The Hall–Kier alpha value is -2.80. The first kappa shape index (κ1) is 19.5. The summed E-state index contributed by atoms with van der Waals surface area (Å²) in [4.78, 5) is 28.5. The van der Waals surface area contributed by atoms with Crippen molar-refractivity contribution in [2.75, 3.05) is 11.1 Å². The first-order valence-electron chi connectivity index (χ1n) is 8.37. The minimum atomic E-state index is -0.502. The number of aliphatic imine (C=N–C) groups is 1. The largest absolute Gasteiger partial charge is 0.397 e. The molecule has 1 heterocycles. The summed E-state index contributed by atoms with van der Waals surface area (Å²) in [6, 6.07) is 16.3. The first-order chi connectivity index (χ1) is 12.6. The van der Waals surface area contributed by atoms with Gasteiger partial charge in [-0.3, -0.25) is 9.59 Å². The van der Waals surface area contributed by atoms with Gasteiger partial charge in [0.1, 0.15) is 5.25 Å². The highest BCUT2D eigenvalue weighted by atomic mass is 32.2. The highest BCUT2D eigenvalue weighted by Crippen LogP contribution is 2.26. The van der Waals surface area contributed by atoms with Crippen molar-refractivity contribution in [1.29, 1.82) is 0 Å². The summed E-state index contributed by atoms with van der Waals surface area (Å²) in [6.45, 7) is 4.00. The molecule has 6 nitrogen and oxygen atoms in total. The van der Waals surface area contributed by atoms with Crippen LogP contribution in [0.15, 0.2) is 59.6 Å². The summed E-state index contributed by atoms with van der Waals surface area (Å²) in [5.74, 6) is -0.479. The van der Waals surface area contributed by atoms with Gasteiger partial charge in [0.2, 0.25) is 11.8 Å². The summed E-state index contributed by atoms with van der Waals surface area (Å²) in [5, 5.41) is 5.43. The van der Waals surface area contributed by atoms with Crippen LogP contribution in [-0.2, 0) is 9.59 Å². The third-order valence-electron chi connectivity index (χ3n) is 3.37. The molecule has 2 aromatic rings. The standard InChI is InChI=1S/C17H16N4O2S.C2H6/c18-12-8-4-5-9-13(12)20-15(22)10-14-16(23)21-17(24-14)19-11-6-2-1-3-7-11;1-2/h1-9,14H,10,18H2,(H,20,22)(H,19,21,23);1-2H3. The molecule has 3 rings (SSSR count). The molecule has 0 spiro atoms. The van der Waals surface area contributed by atoms with Crippen molar-refractivity contribution in [2.24, 2.45) is 4.99 Å². The number of carbonyl (C=O) groups excluding carboxylic acids is 2. The third kappa shape index (κ3) is 5.35. The number of hydrogen-bond acceptors (Lipinski definition) is 5. The average Bonchev–Trinajstić information content (AvgIpc) is 2.98. The lowest BCUT2D eigenvalue weighted by atomic mass is 10.2. The number of amidine groups is 1. The van der Waals surface area contributed by atoms with Gasteiger partial charge in [-0.15, -0.1) is 0 Å². The number of thioether (sulfide) groups is 1. The molecule has 1 unspecified atom stereocenters. The van der Waals surface area contributed by atoms with Gasteiger partial charge in [0.05, 0.1) is 17.1 Å². The third-order valence-corrected chi connectivity index (χ3v) is 4.45. The average molecular weight is 370 g/mol. The van der Waals surface area contributed by atoms with Gasteiger partial charge in [0.25, 0.3) is 0 Å². The van der Waals surface area contributed by atoms with Crippen LogP contribution >= 0.6 is 11.8 Å². The predicted octanol–water partition coefficient (Wildman–Crippen LogP) is 3.54. The van der Waals surface area contributed by atoms with E-state index < -0.39 is 5.25 Å². The van der Waals surface area contributed by atoms with Crippen molar-refractivity contribution in [3.63, 3.8) is 0 Å². The van der Waals surface area contributed by atoms with Crippen LogP contribution in [0.4, 0.5) is 17.1 Å². The van der Waals surface area contributed by atoms with Crippen LogP contribution in [-0.4, -0.2) is 22.2 Å². The number of rotatable bonds is 4. The van der Waals surface area contributed by atoms with Crippen LogP contribution in [0.3, 0.4) is 0 Å². The Kier molecular flexibility index (Phi) is 7.23. The highest BCUT2D eigenvalue weighted by Gasteiger charge is 2.32. The Morgan fingerprint density at radius 1 is 1.15 bits per heavy atom. The summed E-state index contributed by atoms with van der Waals surface area (Å²) in [7, 11) is 0. The second-order valence-corrected chi connectivity index (χ2v) is 6.38. The number of hydrogen-bond donors (Lipinski definition) is 3. The minimum absolute atomic E-state index is 0.0542. The normalized spacial score (nSPS) is 17.2. The van der Waals surface area contributed by atoms with E-state index in [0.717, 1.165) is 5.69 Å². The van der Waals surface area contributed by atoms with Crippen LogP contribution in [0.5, 0.6) is 0 Å². The van der Waals surface area contributed by atoms with Gasteiger partial charge in [-0.2, -0.15) is 0 Å². The van der Waals surface area contributed by atoms with Crippen LogP contribution in [0.25, 0.3) is 0 Å². The lowest BCUT2D eigenvalue weighted by Crippen LogP contribution is -2.28. The molecule has 0 bridgehead atoms. The molecule has 1 aliphatic heterocycles. The number of nitrogens with two attached hydrogens (primary N) is 1. The molecule has 0 saturated carbocycles. The summed E-state index contributed by atoms with van der Waals surface area (Å²) >= 11 is 1.25. The SMILES string of the molecule is CC.Nc1ccccc1NC(=O)CC1SC(=Nc2ccccc2)NC1=O. The molecule has 1 aliphatic rings. The predicted molar refractivity (Wildman–Crippen MR) is 109 cm³/mol. The molecule has 0 aliphatic carbocycles. The zero-order chi connectivity index (χ0) is 18.9. The quantitative estimate of drug-likeness (QED) is 0.717. The molecule has 2 aromatic carbocycles. The molecule has 1 saturated heterocycles. The molecule has 26 heavy (non-hydrogen) atoms. The van der Waals surface area contributed by atoms with Crippen molar-refractivity contribution >= 4 is 45.8 Å². The van der Waals surface area contributed by atoms with Gasteiger partial charge in [-0.05, 0) is 24.3 Å². The second kappa shape index (κ2) is 9.62. The Morgan fingerprint density at radius 2 is 1.81 bits per heavy atom.